The number of phenolic OH excluding ortho intramolecular Hbond substituents is 1. The van der Waals surface area contributed by atoms with Crippen LogP contribution in [0.25, 0.3) is 0 Å². The molecular formula is C10H14ClNO. The topological polar surface area (TPSA) is 46.2 Å². The van der Waals surface area contributed by atoms with Crippen LogP contribution in [0.1, 0.15) is 25.5 Å². The van der Waals surface area contributed by atoms with Crippen LogP contribution < -0.4 is 5.73 Å². The maximum absolute atomic E-state index is 9.13. The van der Waals surface area contributed by atoms with Gasteiger partial charge in [-0.3, -0.25) is 0 Å². The molecule has 0 bridgehead atoms. The molecule has 13 heavy (non-hydrogen) atoms. The molecule has 1 atom stereocenters. The third kappa shape index (κ3) is 2.36. The zero-order chi connectivity index (χ0) is 10.0. The summed E-state index contributed by atoms with van der Waals surface area (Å²) in [6.45, 7) is 4.07. The van der Waals surface area contributed by atoms with Gasteiger partial charge in [-0.25, -0.2) is 0 Å². The second-order valence-electron chi connectivity index (χ2n) is 3.48. The highest BCUT2D eigenvalue weighted by molar-refractivity contribution is 6.31. The van der Waals surface area contributed by atoms with E-state index in [-0.39, 0.29) is 11.8 Å². The summed E-state index contributed by atoms with van der Waals surface area (Å²) in [6.07, 6.45) is 0. The number of nitrogens with two attached hydrogens (primary N) is 1. The SMILES string of the molecule is CC(C)C(N)c1ccc(O)cc1Cl. The molecule has 3 heteroatoms. The number of rotatable bonds is 2. The van der Waals surface area contributed by atoms with Crippen molar-refractivity contribution >= 4 is 11.6 Å². The lowest BCUT2D eigenvalue weighted by Gasteiger charge is -2.17. The van der Waals surface area contributed by atoms with Gasteiger partial charge in [0, 0.05) is 11.1 Å². The number of hydrogen-bond acceptors (Lipinski definition) is 2. The Kier molecular flexibility index (Phi) is 3.17. The van der Waals surface area contributed by atoms with E-state index in [2.05, 4.69) is 0 Å². The van der Waals surface area contributed by atoms with Crippen LogP contribution in [-0.2, 0) is 0 Å². The van der Waals surface area contributed by atoms with Crippen LogP contribution in [-0.4, -0.2) is 5.11 Å². The molecule has 1 aromatic rings. The summed E-state index contributed by atoms with van der Waals surface area (Å²) < 4.78 is 0. The third-order valence-electron chi connectivity index (χ3n) is 2.06. The first-order valence-electron chi connectivity index (χ1n) is 4.26. The van der Waals surface area contributed by atoms with E-state index in [4.69, 9.17) is 22.4 Å². The Morgan fingerprint density at radius 3 is 2.46 bits per heavy atom. The van der Waals surface area contributed by atoms with Crippen LogP contribution in [0.2, 0.25) is 5.02 Å². The maximum atomic E-state index is 9.13. The standard InChI is InChI=1S/C10H14ClNO/c1-6(2)10(12)8-4-3-7(13)5-9(8)11/h3-6,10,13H,12H2,1-2H3. The molecular weight excluding hydrogens is 186 g/mol. The fourth-order valence-corrected chi connectivity index (χ4v) is 1.45. The number of hydrogen-bond donors (Lipinski definition) is 2. The summed E-state index contributed by atoms with van der Waals surface area (Å²) in [5.41, 5.74) is 6.81. The van der Waals surface area contributed by atoms with E-state index in [1.807, 2.05) is 13.8 Å². The fraction of sp³-hybridized carbons (Fsp3) is 0.400. The molecule has 0 aliphatic rings. The molecule has 0 aliphatic heterocycles. The van der Waals surface area contributed by atoms with Gasteiger partial charge in [0.2, 0.25) is 0 Å². The van der Waals surface area contributed by atoms with E-state index in [0.717, 1.165) is 5.56 Å². The molecule has 0 spiro atoms. The first-order chi connectivity index (χ1) is 6.02. The minimum Gasteiger partial charge on any atom is -0.508 e. The van der Waals surface area contributed by atoms with Crippen LogP contribution in [0.15, 0.2) is 18.2 Å². The van der Waals surface area contributed by atoms with E-state index in [1.54, 1.807) is 12.1 Å². The summed E-state index contributed by atoms with van der Waals surface area (Å²) in [4.78, 5) is 0. The Bertz CT molecular complexity index is 299. The average molecular weight is 200 g/mol. The van der Waals surface area contributed by atoms with Crippen molar-refractivity contribution in [3.05, 3.63) is 28.8 Å². The Morgan fingerprint density at radius 2 is 2.00 bits per heavy atom. The van der Waals surface area contributed by atoms with Gasteiger partial charge in [0.15, 0.2) is 0 Å². The average Bonchev–Trinajstić information content (AvgIpc) is 2.03. The van der Waals surface area contributed by atoms with Crippen molar-refractivity contribution in [1.29, 1.82) is 0 Å². The van der Waals surface area contributed by atoms with Crippen molar-refractivity contribution in [3.63, 3.8) is 0 Å². The maximum Gasteiger partial charge on any atom is 0.117 e. The smallest absolute Gasteiger partial charge is 0.117 e. The van der Waals surface area contributed by atoms with Crippen LogP contribution in [0.3, 0.4) is 0 Å². The molecule has 1 unspecified atom stereocenters. The van der Waals surface area contributed by atoms with Gasteiger partial charge in [-0.2, -0.15) is 0 Å². The first-order valence-corrected chi connectivity index (χ1v) is 4.64. The lowest BCUT2D eigenvalue weighted by atomic mass is 9.97. The van der Waals surface area contributed by atoms with E-state index in [9.17, 15) is 0 Å². The lowest BCUT2D eigenvalue weighted by Crippen LogP contribution is -2.16. The molecule has 0 saturated carbocycles. The van der Waals surface area contributed by atoms with Crippen molar-refractivity contribution in [2.24, 2.45) is 11.7 Å². The highest BCUT2D eigenvalue weighted by Gasteiger charge is 2.13. The van der Waals surface area contributed by atoms with Crippen molar-refractivity contribution in [1.82, 2.24) is 0 Å². The Hall–Kier alpha value is -0.730. The van der Waals surface area contributed by atoms with E-state index >= 15 is 0 Å². The Labute approximate surface area is 83.3 Å². The Morgan fingerprint density at radius 1 is 1.38 bits per heavy atom. The molecule has 0 fully saturated rings. The quantitative estimate of drug-likeness (QED) is 0.770. The molecule has 0 radical (unpaired) electrons. The molecule has 72 valence electrons. The zero-order valence-electron chi connectivity index (χ0n) is 7.79. The summed E-state index contributed by atoms with van der Waals surface area (Å²) in [5.74, 6) is 0.506. The van der Waals surface area contributed by atoms with Gasteiger partial charge in [-0.1, -0.05) is 31.5 Å². The first kappa shape index (κ1) is 10.4. The van der Waals surface area contributed by atoms with Gasteiger partial charge in [0.05, 0.1) is 0 Å². The van der Waals surface area contributed by atoms with Gasteiger partial charge in [0.25, 0.3) is 0 Å². The van der Waals surface area contributed by atoms with E-state index < -0.39 is 0 Å². The molecule has 1 aromatic carbocycles. The molecule has 0 aliphatic carbocycles. The molecule has 1 rings (SSSR count). The van der Waals surface area contributed by atoms with Gasteiger partial charge >= 0.3 is 0 Å². The van der Waals surface area contributed by atoms with Gasteiger partial charge in [0.1, 0.15) is 5.75 Å². The van der Waals surface area contributed by atoms with Gasteiger partial charge in [-0.05, 0) is 23.6 Å². The van der Waals surface area contributed by atoms with Crippen molar-refractivity contribution in [2.45, 2.75) is 19.9 Å². The summed E-state index contributed by atoms with van der Waals surface area (Å²) in [7, 11) is 0. The second kappa shape index (κ2) is 3.99. The monoisotopic (exact) mass is 199 g/mol. The predicted molar refractivity (Wildman–Crippen MR) is 54.9 cm³/mol. The predicted octanol–water partition coefficient (Wildman–Crippen LogP) is 2.70. The van der Waals surface area contributed by atoms with Crippen LogP contribution >= 0.6 is 11.6 Å². The minimum atomic E-state index is -0.0758. The van der Waals surface area contributed by atoms with Crippen LogP contribution in [0.4, 0.5) is 0 Å². The summed E-state index contributed by atoms with van der Waals surface area (Å²) in [5, 5.41) is 9.66. The second-order valence-corrected chi connectivity index (χ2v) is 3.88. The van der Waals surface area contributed by atoms with E-state index in [0.29, 0.717) is 10.9 Å². The van der Waals surface area contributed by atoms with Crippen LogP contribution in [0.5, 0.6) is 5.75 Å². The summed E-state index contributed by atoms with van der Waals surface area (Å²) in [6, 6.07) is 4.80. The fourth-order valence-electron chi connectivity index (χ4n) is 1.15. The van der Waals surface area contributed by atoms with Crippen molar-refractivity contribution in [3.8, 4) is 5.75 Å². The third-order valence-corrected chi connectivity index (χ3v) is 2.39. The zero-order valence-corrected chi connectivity index (χ0v) is 8.55. The Balaban J connectivity index is 3.01. The molecule has 0 aromatic heterocycles. The highest BCUT2D eigenvalue weighted by atomic mass is 35.5. The van der Waals surface area contributed by atoms with Gasteiger partial charge < -0.3 is 10.8 Å². The molecule has 0 saturated heterocycles. The number of halogens is 1. The van der Waals surface area contributed by atoms with Crippen molar-refractivity contribution < 1.29 is 5.11 Å². The van der Waals surface area contributed by atoms with Gasteiger partial charge in [-0.15, -0.1) is 0 Å². The molecule has 3 N–H and O–H groups in total. The number of aromatic hydroxyl groups is 1. The van der Waals surface area contributed by atoms with Crippen LogP contribution in [0, 0.1) is 5.92 Å². The molecule has 0 heterocycles. The normalized spacial score (nSPS) is 13.3. The highest BCUT2D eigenvalue weighted by Crippen LogP contribution is 2.28. The number of phenols is 1. The molecule has 0 amide bonds. The lowest BCUT2D eigenvalue weighted by molar-refractivity contribution is 0.473. The largest absolute Gasteiger partial charge is 0.508 e. The number of benzene rings is 1. The minimum absolute atomic E-state index is 0.0758. The van der Waals surface area contributed by atoms with Crippen molar-refractivity contribution in [2.75, 3.05) is 0 Å². The summed E-state index contributed by atoms with van der Waals surface area (Å²) >= 11 is 5.93. The molecule has 2 nitrogen and oxygen atoms in total. The van der Waals surface area contributed by atoms with E-state index in [1.165, 1.54) is 6.07 Å².